The van der Waals surface area contributed by atoms with Gasteiger partial charge in [0.25, 0.3) is 0 Å². The molecular formula is C22H19N3O3. The van der Waals surface area contributed by atoms with Gasteiger partial charge in [-0.05, 0) is 23.8 Å². The highest BCUT2D eigenvalue weighted by Crippen LogP contribution is 2.36. The quantitative estimate of drug-likeness (QED) is 0.498. The monoisotopic (exact) mass is 373 g/mol. The highest BCUT2D eigenvalue weighted by Gasteiger charge is 2.13. The summed E-state index contributed by atoms with van der Waals surface area (Å²) in [6, 6.07) is 20.8. The molecule has 6 heteroatoms. The molecule has 0 aliphatic carbocycles. The normalized spacial score (nSPS) is 10.6. The van der Waals surface area contributed by atoms with Crippen molar-refractivity contribution >= 4 is 16.6 Å². The van der Waals surface area contributed by atoms with Crippen LogP contribution < -0.4 is 19.9 Å². The molecule has 3 aromatic carbocycles. The van der Waals surface area contributed by atoms with Gasteiger partial charge in [-0.1, -0.05) is 36.4 Å². The van der Waals surface area contributed by atoms with Crippen LogP contribution in [0.15, 0.2) is 73.1 Å². The van der Waals surface area contributed by atoms with Gasteiger partial charge in [-0.25, -0.2) is 9.97 Å². The molecule has 0 fully saturated rings. The van der Waals surface area contributed by atoms with Crippen LogP contribution in [-0.4, -0.2) is 17.1 Å². The lowest BCUT2D eigenvalue weighted by atomic mass is 10.2. The first-order chi connectivity index (χ1) is 13.7. The molecule has 140 valence electrons. The SMILES string of the molecule is COc1cc2c(Oc3cccc(N)c3)ncnc2cc1OCc1ccccc1. The van der Waals surface area contributed by atoms with Gasteiger partial charge in [-0.15, -0.1) is 0 Å². The zero-order valence-corrected chi connectivity index (χ0v) is 15.3. The van der Waals surface area contributed by atoms with Crippen molar-refractivity contribution in [2.75, 3.05) is 12.8 Å². The summed E-state index contributed by atoms with van der Waals surface area (Å²) in [5.41, 5.74) is 8.20. The Bertz CT molecular complexity index is 1100. The predicted molar refractivity (Wildman–Crippen MR) is 108 cm³/mol. The van der Waals surface area contributed by atoms with Gasteiger partial charge in [0.1, 0.15) is 18.7 Å². The van der Waals surface area contributed by atoms with Crippen LogP contribution in [0.3, 0.4) is 0 Å². The Morgan fingerprint density at radius 1 is 0.893 bits per heavy atom. The number of fused-ring (bicyclic) bond motifs is 1. The maximum absolute atomic E-state index is 5.95. The number of methoxy groups -OCH3 is 1. The fraction of sp³-hybridized carbons (Fsp3) is 0.0909. The Kier molecular flexibility index (Phi) is 4.93. The van der Waals surface area contributed by atoms with Gasteiger partial charge >= 0.3 is 0 Å². The molecule has 1 aromatic heterocycles. The average molecular weight is 373 g/mol. The number of hydrogen-bond acceptors (Lipinski definition) is 6. The van der Waals surface area contributed by atoms with E-state index in [0.29, 0.717) is 46.3 Å². The van der Waals surface area contributed by atoms with Crippen LogP contribution in [0.1, 0.15) is 5.56 Å². The second-order valence-corrected chi connectivity index (χ2v) is 6.15. The minimum atomic E-state index is 0.420. The Morgan fingerprint density at radius 2 is 1.75 bits per heavy atom. The molecule has 28 heavy (non-hydrogen) atoms. The van der Waals surface area contributed by atoms with E-state index in [4.69, 9.17) is 19.9 Å². The molecule has 0 radical (unpaired) electrons. The van der Waals surface area contributed by atoms with Crippen molar-refractivity contribution in [3.05, 3.63) is 78.6 Å². The van der Waals surface area contributed by atoms with Crippen molar-refractivity contribution in [2.24, 2.45) is 0 Å². The highest BCUT2D eigenvalue weighted by atomic mass is 16.5. The standard InChI is InChI=1S/C22H19N3O3/c1-26-20-11-18-19(12-21(20)27-13-15-6-3-2-4-7-15)24-14-25-22(18)28-17-9-5-8-16(23)10-17/h2-12,14H,13,23H2,1H3. The molecule has 0 atom stereocenters. The number of hydrogen-bond donors (Lipinski definition) is 1. The van der Waals surface area contributed by atoms with E-state index in [1.54, 1.807) is 19.2 Å². The van der Waals surface area contributed by atoms with Crippen molar-refractivity contribution in [3.8, 4) is 23.1 Å². The van der Waals surface area contributed by atoms with Gasteiger partial charge in [-0.2, -0.15) is 0 Å². The van der Waals surface area contributed by atoms with Crippen molar-refractivity contribution in [3.63, 3.8) is 0 Å². The van der Waals surface area contributed by atoms with Crippen molar-refractivity contribution < 1.29 is 14.2 Å². The lowest BCUT2D eigenvalue weighted by molar-refractivity contribution is 0.285. The van der Waals surface area contributed by atoms with Crippen LogP contribution in [0.25, 0.3) is 10.9 Å². The first kappa shape index (κ1) is 17.6. The van der Waals surface area contributed by atoms with Crippen molar-refractivity contribution in [1.82, 2.24) is 9.97 Å². The van der Waals surface area contributed by atoms with E-state index < -0.39 is 0 Å². The lowest BCUT2D eigenvalue weighted by Gasteiger charge is -2.13. The predicted octanol–water partition coefficient (Wildman–Crippen LogP) is 4.59. The molecule has 4 aromatic rings. The molecule has 0 aliphatic heterocycles. The average Bonchev–Trinajstić information content (AvgIpc) is 2.72. The second kappa shape index (κ2) is 7.84. The van der Waals surface area contributed by atoms with E-state index in [2.05, 4.69) is 9.97 Å². The summed E-state index contributed by atoms with van der Waals surface area (Å²) in [6.45, 7) is 0.431. The summed E-state index contributed by atoms with van der Waals surface area (Å²) < 4.78 is 17.4. The number of ether oxygens (including phenoxy) is 3. The maximum atomic E-state index is 5.95. The molecular weight excluding hydrogens is 354 g/mol. The van der Waals surface area contributed by atoms with Crippen LogP contribution in [0.2, 0.25) is 0 Å². The van der Waals surface area contributed by atoms with E-state index in [1.165, 1.54) is 6.33 Å². The second-order valence-electron chi connectivity index (χ2n) is 6.15. The zero-order chi connectivity index (χ0) is 19.3. The van der Waals surface area contributed by atoms with E-state index in [9.17, 15) is 0 Å². The molecule has 0 unspecified atom stereocenters. The number of nitrogens with two attached hydrogens (primary N) is 1. The summed E-state index contributed by atoms with van der Waals surface area (Å²) in [5.74, 6) is 2.20. The molecule has 6 nitrogen and oxygen atoms in total. The molecule has 1 heterocycles. The maximum Gasteiger partial charge on any atom is 0.230 e. The first-order valence-electron chi connectivity index (χ1n) is 8.76. The van der Waals surface area contributed by atoms with E-state index in [0.717, 1.165) is 5.56 Å². The minimum Gasteiger partial charge on any atom is -0.493 e. The molecule has 0 spiro atoms. The zero-order valence-electron chi connectivity index (χ0n) is 15.3. The summed E-state index contributed by atoms with van der Waals surface area (Å²) in [4.78, 5) is 8.60. The smallest absolute Gasteiger partial charge is 0.230 e. The third kappa shape index (κ3) is 3.81. The van der Waals surface area contributed by atoms with Gasteiger partial charge < -0.3 is 19.9 Å². The Morgan fingerprint density at radius 3 is 2.54 bits per heavy atom. The van der Waals surface area contributed by atoms with Crippen LogP contribution in [0.4, 0.5) is 5.69 Å². The van der Waals surface area contributed by atoms with E-state index in [-0.39, 0.29) is 0 Å². The molecule has 0 amide bonds. The molecule has 4 rings (SSSR count). The summed E-state index contributed by atoms with van der Waals surface area (Å²) in [7, 11) is 1.60. The molecule has 0 bridgehead atoms. The van der Waals surface area contributed by atoms with E-state index >= 15 is 0 Å². The summed E-state index contributed by atoms with van der Waals surface area (Å²) in [5, 5.41) is 0.717. The van der Waals surface area contributed by atoms with Crippen LogP contribution in [0.5, 0.6) is 23.1 Å². The topological polar surface area (TPSA) is 79.5 Å². The number of anilines is 1. The van der Waals surface area contributed by atoms with Gasteiger partial charge in [0, 0.05) is 17.8 Å². The first-order valence-corrected chi connectivity index (χ1v) is 8.76. The van der Waals surface area contributed by atoms with Crippen molar-refractivity contribution in [1.29, 1.82) is 0 Å². The molecule has 2 N–H and O–H groups in total. The summed E-state index contributed by atoms with van der Waals surface area (Å²) >= 11 is 0. The van der Waals surface area contributed by atoms with Crippen molar-refractivity contribution in [2.45, 2.75) is 6.61 Å². The summed E-state index contributed by atoms with van der Waals surface area (Å²) in [6.07, 6.45) is 1.46. The highest BCUT2D eigenvalue weighted by molar-refractivity contribution is 5.87. The third-order valence-electron chi connectivity index (χ3n) is 4.19. The fourth-order valence-electron chi connectivity index (χ4n) is 2.82. The Balaban J connectivity index is 1.66. The Labute approximate surface area is 162 Å². The number of benzene rings is 3. The minimum absolute atomic E-state index is 0.420. The Hall–Kier alpha value is -3.80. The molecule has 0 aliphatic rings. The van der Waals surface area contributed by atoms with Crippen LogP contribution >= 0.6 is 0 Å². The number of aromatic nitrogens is 2. The van der Waals surface area contributed by atoms with Gasteiger partial charge in [0.15, 0.2) is 11.5 Å². The van der Waals surface area contributed by atoms with Crippen LogP contribution in [0, 0.1) is 0 Å². The molecule has 0 saturated heterocycles. The molecule has 0 saturated carbocycles. The van der Waals surface area contributed by atoms with E-state index in [1.807, 2.05) is 54.6 Å². The van der Waals surface area contributed by atoms with Gasteiger partial charge in [0.05, 0.1) is 18.0 Å². The lowest BCUT2D eigenvalue weighted by Crippen LogP contribution is -1.99. The number of nitrogen functional groups attached to an aromatic ring is 1. The van der Waals surface area contributed by atoms with Gasteiger partial charge in [0.2, 0.25) is 5.88 Å². The van der Waals surface area contributed by atoms with Crippen LogP contribution in [-0.2, 0) is 6.61 Å². The number of nitrogens with zero attached hydrogens (tertiary/aromatic N) is 2. The third-order valence-corrected chi connectivity index (χ3v) is 4.19. The number of rotatable bonds is 6. The largest absolute Gasteiger partial charge is 0.493 e. The van der Waals surface area contributed by atoms with Gasteiger partial charge in [-0.3, -0.25) is 0 Å². The fourth-order valence-corrected chi connectivity index (χ4v) is 2.82.